The summed E-state index contributed by atoms with van der Waals surface area (Å²) in [6.45, 7) is 0. The summed E-state index contributed by atoms with van der Waals surface area (Å²) in [7, 11) is -4.21. The predicted molar refractivity (Wildman–Crippen MR) is 118 cm³/mol. The van der Waals surface area contributed by atoms with Crippen LogP contribution in [0.1, 0.15) is 5.56 Å². The lowest BCUT2D eigenvalue weighted by atomic mass is 10.2. The van der Waals surface area contributed by atoms with Crippen LogP contribution in [0.15, 0.2) is 82.8 Å². The topological polar surface area (TPSA) is 138 Å². The van der Waals surface area contributed by atoms with Gasteiger partial charge in [-0.1, -0.05) is 42.1 Å². The molecule has 0 aliphatic carbocycles. The van der Waals surface area contributed by atoms with Crippen LogP contribution in [0.5, 0.6) is 0 Å². The Morgan fingerprint density at radius 3 is 2.25 bits per heavy atom. The lowest BCUT2D eigenvalue weighted by Crippen LogP contribution is -2.14. The zero-order chi connectivity index (χ0) is 22.9. The number of fused-ring (bicyclic) bond motifs is 1. The van der Waals surface area contributed by atoms with Crippen molar-refractivity contribution in [3.05, 3.63) is 98.6 Å². The second-order valence-corrected chi connectivity index (χ2v) is 9.35. The third-order valence-corrected chi connectivity index (χ3v) is 7.37. The van der Waals surface area contributed by atoms with Gasteiger partial charge in [-0.15, -0.1) is 0 Å². The highest BCUT2D eigenvalue weighted by atomic mass is 32.2. The Bertz CT molecular complexity index is 1470. The molecule has 0 atom stereocenters. The van der Waals surface area contributed by atoms with Crippen molar-refractivity contribution in [2.75, 3.05) is 0 Å². The van der Waals surface area contributed by atoms with Gasteiger partial charge >= 0.3 is 0 Å². The summed E-state index contributed by atoms with van der Waals surface area (Å²) in [4.78, 5) is 25.1. The fourth-order valence-electron chi connectivity index (χ4n) is 3.08. The van der Waals surface area contributed by atoms with Crippen molar-refractivity contribution >= 4 is 44.2 Å². The van der Waals surface area contributed by atoms with Gasteiger partial charge in [-0.2, -0.15) is 0 Å². The Balaban J connectivity index is 1.79. The molecular weight excluding hydrogens is 456 g/mol. The van der Waals surface area contributed by atoms with E-state index < -0.39 is 19.9 Å². The molecule has 0 saturated carbocycles. The number of nitro benzene ring substituents is 2. The smallest absolute Gasteiger partial charge is 0.258 e. The fourth-order valence-corrected chi connectivity index (χ4v) is 5.77. The third-order valence-electron chi connectivity index (χ3n) is 4.55. The van der Waals surface area contributed by atoms with Crippen LogP contribution in [0.25, 0.3) is 11.0 Å². The number of non-ortho nitro benzene ring substituents is 2. The second-order valence-electron chi connectivity index (χ2n) is 6.62. The maximum Gasteiger partial charge on any atom is 0.270 e. The summed E-state index contributed by atoms with van der Waals surface area (Å²) in [5.41, 5.74) is 0.960. The van der Waals surface area contributed by atoms with E-state index in [4.69, 9.17) is 0 Å². The lowest BCUT2D eigenvalue weighted by molar-refractivity contribution is -0.385. The number of nitro groups is 2. The van der Waals surface area contributed by atoms with Crippen molar-refractivity contribution in [1.29, 1.82) is 0 Å². The molecule has 0 aliphatic rings. The Kier molecular flexibility index (Phi) is 5.63. The van der Waals surface area contributed by atoms with E-state index in [2.05, 4.69) is 4.98 Å². The first-order valence-corrected chi connectivity index (χ1v) is 11.5. The van der Waals surface area contributed by atoms with Gasteiger partial charge in [0.1, 0.15) is 0 Å². The molecule has 0 radical (unpaired) electrons. The van der Waals surface area contributed by atoms with Crippen LogP contribution < -0.4 is 0 Å². The molecular formula is C20H14N4O6S2. The van der Waals surface area contributed by atoms with Crippen molar-refractivity contribution in [2.45, 2.75) is 15.8 Å². The van der Waals surface area contributed by atoms with Gasteiger partial charge in [0.15, 0.2) is 5.16 Å². The predicted octanol–water partition coefficient (Wildman–Crippen LogP) is 4.38. The summed E-state index contributed by atoms with van der Waals surface area (Å²) in [5, 5.41) is 22.3. The minimum atomic E-state index is -4.21. The quantitative estimate of drug-likeness (QED) is 0.220. The average Bonchev–Trinajstić information content (AvgIpc) is 3.17. The zero-order valence-electron chi connectivity index (χ0n) is 16.2. The molecule has 1 aromatic heterocycles. The monoisotopic (exact) mass is 470 g/mol. The number of nitrogens with zero attached hydrogens (tertiary/aromatic N) is 4. The molecule has 162 valence electrons. The van der Waals surface area contributed by atoms with Gasteiger partial charge in [0.05, 0.1) is 25.8 Å². The standard InChI is InChI=1S/C20H14N4O6S2/c25-23(26)15-6-3-5-14(11-15)13-31-20-21-18-9-1-2-10-19(18)22(20)32(29,30)17-8-4-7-16(12-17)24(27)28/h1-12H,13H2. The Morgan fingerprint density at radius 2 is 1.53 bits per heavy atom. The van der Waals surface area contributed by atoms with Crippen LogP contribution in [-0.4, -0.2) is 27.2 Å². The summed E-state index contributed by atoms with van der Waals surface area (Å²) in [6.07, 6.45) is 0. The van der Waals surface area contributed by atoms with E-state index in [-0.39, 0.29) is 27.2 Å². The molecule has 0 saturated heterocycles. The minimum Gasteiger partial charge on any atom is -0.258 e. The van der Waals surface area contributed by atoms with E-state index in [1.807, 2.05) is 0 Å². The largest absolute Gasteiger partial charge is 0.270 e. The first-order chi connectivity index (χ1) is 15.3. The number of hydrogen-bond donors (Lipinski definition) is 0. The van der Waals surface area contributed by atoms with E-state index in [1.165, 1.54) is 30.3 Å². The Labute approximate surface area is 185 Å². The van der Waals surface area contributed by atoms with Crippen LogP contribution in [0.3, 0.4) is 0 Å². The summed E-state index contributed by atoms with van der Waals surface area (Å²) in [6, 6.07) is 17.5. The van der Waals surface area contributed by atoms with Crippen LogP contribution in [-0.2, 0) is 15.8 Å². The van der Waals surface area contributed by atoms with Crippen LogP contribution >= 0.6 is 11.8 Å². The van der Waals surface area contributed by atoms with Crippen molar-refractivity contribution in [2.24, 2.45) is 0 Å². The minimum absolute atomic E-state index is 0.0687. The molecule has 0 N–H and O–H groups in total. The molecule has 0 unspecified atom stereocenters. The maximum atomic E-state index is 13.5. The highest BCUT2D eigenvalue weighted by molar-refractivity contribution is 7.99. The second kappa shape index (κ2) is 8.40. The van der Waals surface area contributed by atoms with Gasteiger partial charge in [0, 0.05) is 30.0 Å². The number of aromatic nitrogens is 2. The number of benzene rings is 3. The molecule has 0 bridgehead atoms. The molecule has 0 fully saturated rings. The van der Waals surface area contributed by atoms with E-state index >= 15 is 0 Å². The number of hydrogen-bond acceptors (Lipinski definition) is 8. The highest BCUT2D eigenvalue weighted by Gasteiger charge is 2.26. The van der Waals surface area contributed by atoms with Gasteiger partial charge in [0.2, 0.25) is 0 Å². The van der Waals surface area contributed by atoms with E-state index in [9.17, 15) is 28.6 Å². The summed E-state index contributed by atoms with van der Waals surface area (Å²) >= 11 is 1.09. The van der Waals surface area contributed by atoms with Gasteiger partial charge in [-0.05, 0) is 23.8 Å². The molecule has 12 heteroatoms. The van der Waals surface area contributed by atoms with Crippen LogP contribution in [0, 0.1) is 20.2 Å². The molecule has 3 aromatic carbocycles. The molecule has 0 amide bonds. The molecule has 0 aliphatic heterocycles. The van der Waals surface area contributed by atoms with E-state index in [0.717, 1.165) is 21.8 Å². The Hall–Kier alpha value is -3.77. The fraction of sp³-hybridized carbons (Fsp3) is 0.0500. The first-order valence-electron chi connectivity index (χ1n) is 9.11. The maximum absolute atomic E-state index is 13.5. The first kappa shape index (κ1) is 21.5. The molecule has 1 heterocycles. The molecule has 4 aromatic rings. The molecule has 10 nitrogen and oxygen atoms in total. The summed E-state index contributed by atoms with van der Waals surface area (Å²) < 4.78 is 28.0. The Morgan fingerprint density at radius 1 is 0.875 bits per heavy atom. The normalized spacial score (nSPS) is 11.5. The van der Waals surface area contributed by atoms with Gasteiger partial charge in [0.25, 0.3) is 21.4 Å². The lowest BCUT2D eigenvalue weighted by Gasteiger charge is -2.10. The molecule has 4 rings (SSSR count). The number of imidazole rings is 1. The highest BCUT2D eigenvalue weighted by Crippen LogP contribution is 2.32. The summed E-state index contributed by atoms with van der Waals surface area (Å²) in [5.74, 6) is 0.232. The molecule has 32 heavy (non-hydrogen) atoms. The van der Waals surface area contributed by atoms with Crippen molar-refractivity contribution in [3.8, 4) is 0 Å². The van der Waals surface area contributed by atoms with E-state index in [0.29, 0.717) is 16.6 Å². The number of para-hydroxylation sites is 2. The van der Waals surface area contributed by atoms with Crippen molar-refractivity contribution in [1.82, 2.24) is 8.96 Å². The zero-order valence-corrected chi connectivity index (χ0v) is 17.8. The number of rotatable bonds is 7. The van der Waals surface area contributed by atoms with Crippen LogP contribution in [0.4, 0.5) is 11.4 Å². The van der Waals surface area contributed by atoms with Gasteiger partial charge in [-0.25, -0.2) is 17.4 Å². The van der Waals surface area contributed by atoms with E-state index in [1.54, 1.807) is 36.4 Å². The van der Waals surface area contributed by atoms with Gasteiger partial charge < -0.3 is 0 Å². The molecule has 0 spiro atoms. The van der Waals surface area contributed by atoms with Crippen molar-refractivity contribution < 1.29 is 18.3 Å². The van der Waals surface area contributed by atoms with Gasteiger partial charge in [-0.3, -0.25) is 20.2 Å². The van der Waals surface area contributed by atoms with Crippen molar-refractivity contribution in [3.63, 3.8) is 0 Å². The number of thioether (sulfide) groups is 1. The SMILES string of the molecule is O=[N+]([O-])c1cccc(CSc2nc3ccccc3n2S(=O)(=O)c2cccc([N+](=O)[O-])c2)c1. The third kappa shape index (κ3) is 4.05. The van der Waals surface area contributed by atoms with Crippen LogP contribution in [0.2, 0.25) is 0 Å². The average molecular weight is 470 g/mol.